The predicted molar refractivity (Wildman–Crippen MR) is 68.5 cm³/mol. The number of likely N-dealkylation sites (tertiary alicyclic amines) is 1. The van der Waals surface area contributed by atoms with Crippen molar-refractivity contribution in [2.24, 2.45) is 0 Å². The Morgan fingerprint density at radius 1 is 1.29 bits per heavy atom. The second-order valence-corrected chi connectivity index (χ2v) is 4.77. The summed E-state index contributed by atoms with van der Waals surface area (Å²) in [6.45, 7) is 6.90. The lowest BCUT2D eigenvalue weighted by molar-refractivity contribution is 0.335. The van der Waals surface area contributed by atoms with Crippen LogP contribution < -0.4 is 5.32 Å². The van der Waals surface area contributed by atoms with Crippen LogP contribution in [0.25, 0.3) is 0 Å². The van der Waals surface area contributed by atoms with Gasteiger partial charge in [-0.2, -0.15) is 0 Å². The van der Waals surface area contributed by atoms with Gasteiger partial charge in [-0.3, -0.25) is 0 Å². The third kappa shape index (κ3) is 3.51. The quantitative estimate of drug-likeness (QED) is 0.789. The van der Waals surface area contributed by atoms with Crippen molar-refractivity contribution in [1.29, 1.82) is 0 Å². The minimum atomic E-state index is -0.0684. The second-order valence-electron chi connectivity index (χ2n) is 4.77. The molecule has 1 saturated heterocycles. The van der Waals surface area contributed by atoms with Gasteiger partial charge in [-0.1, -0.05) is 18.2 Å². The Labute approximate surface area is 103 Å². The number of hydrogen-bond acceptors (Lipinski definition) is 2. The highest BCUT2D eigenvalue weighted by molar-refractivity contribution is 5.24. The fourth-order valence-electron chi connectivity index (χ4n) is 2.31. The van der Waals surface area contributed by atoms with E-state index in [2.05, 4.69) is 10.2 Å². The summed E-state index contributed by atoms with van der Waals surface area (Å²) in [4.78, 5) is 2.46. The van der Waals surface area contributed by atoms with Gasteiger partial charge in [-0.15, -0.1) is 0 Å². The van der Waals surface area contributed by atoms with Crippen LogP contribution in [-0.2, 0) is 6.54 Å². The second kappa shape index (κ2) is 6.12. The Bertz CT molecular complexity index is 359. The maximum Gasteiger partial charge on any atom is 0.130 e. The maximum absolute atomic E-state index is 13.7. The Balaban J connectivity index is 1.72. The fraction of sp³-hybridized carbons (Fsp3) is 0.571. The standard InChI is InChI=1S/C14H21FN2/c1-12-5-4-6-13(14(12)15)11-16-7-10-17-8-2-3-9-17/h4-6,16H,2-3,7-11H2,1H3. The van der Waals surface area contributed by atoms with Crippen molar-refractivity contribution in [2.75, 3.05) is 26.2 Å². The van der Waals surface area contributed by atoms with Crippen LogP contribution in [0, 0.1) is 12.7 Å². The molecule has 1 aromatic rings. The maximum atomic E-state index is 13.7. The molecule has 1 aliphatic rings. The molecular weight excluding hydrogens is 215 g/mol. The molecule has 1 aromatic carbocycles. The first-order chi connectivity index (χ1) is 8.27. The van der Waals surface area contributed by atoms with Crippen LogP contribution in [0.15, 0.2) is 18.2 Å². The zero-order valence-electron chi connectivity index (χ0n) is 10.5. The van der Waals surface area contributed by atoms with Crippen LogP contribution in [0.1, 0.15) is 24.0 Å². The van der Waals surface area contributed by atoms with E-state index in [1.807, 2.05) is 25.1 Å². The average molecular weight is 236 g/mol. The normalized spacial score (nSPS) is 16.6. The SMILES string of the molecule is Cc1cccc(CNCCN2CCCC2)c1F. The summed E-state index contributed by atoms with van der Waals surface area (Å²) in [5.41, 5.74) is 1.50. The van der Waals surface area contributed by atoms with Gasteiger partial charge >= 0.3 is 0 Å². The molecule has 0 amide bonds. The number of aryl methyl sites for hydroxylation is 1. The van der Waals surface area contributed by atoms with Crippen LogP contribution in [0.4, 0.5) is 4.39 Å². The van der Waals surface area contributed by atoms with E-state index in [1.54, 1.807) is 0 Å². The van der Waals surface area contributed by atoms with Gasteiger partial charge in [0.2, 0.25) is 0 Å². The molecule has 1 aliphatic heterocycles. The summed E-state index contributed by atoms with van der Waals surface area (Å²) in [7, 11) is 0. The third-order valence-electron chi connectivity index (χ3n) is 3.39. The van der Waals surface area contributed by atoms with Gasteiger partial charge in [0.15, 0.2) is 0 Å². The van der Waals surface area contributed by atoms with Gasteiger partial charge in [-0.05, 0) is 38.4 Å². The minimum absolute atomic E-state index is 0.0684. The van der Waals surface area contributed by atoms with Crippen molar-refractivity contribution < 1.29 is 4.39 Å². The Morgan fingerprint density at radius 2 is 2.06 bits per heavy atom. The molecular formula is C14H21FN2. The summed E-state index contributed by atoms with van der Waals surface area (Å²) in [6.07, 6.45) is 2.65. The van der Waals surface area contributed by atoms with Crippen LogP contribution >= 0.6 is 0 Å². The minimum Gasteiger partial charge on any atom is -0.311 e. The molecule has 94 valence electrons. The highest BCUT2D eigenvalue weighted by Gasteiger charge is 2.10. The van der Waals surface area contributed by atoms with E-state index in [9.17, 15) is 4.39 Å². The number of rotatable bonds is 5. The van der Waals surface area contributed by atoms with Crippen LogP contribution in [0.5, 0.6) is 0 Å². The van der Waals surface area contributed by atoms with Gasteiger partial charge in [0.05, 0.1) is 0 Å². The van der Waals surface area contributed by atoms with Crippen LogP contribution in [-0.4, -0.2) is 31.1 Å². The summed E-state index contributed by atoms with van der Waals surface area (Å²) in [6, 6.07) is 5.57. The fourth-order valence-corrected chi connectivity index (χ4v) is 2.31. The molecule has 0 bridgehead atoms. The number of halogens is 1. The monoisotopic (exact) mass is 236 g/mol. The van der Waals surface area contributed by atoms with Gasteiger partial charge < -0.3 is 10.2 Å². The molecule has 1 fully saturated rings. The van der Waals surface area contributed by atoms with Gasteiger partial charge in [-0.25, -0.2) is 4.39 Å². The van der Waals surface area contributed by atoms with E-state index in [4.69, 9.17) is 0 Å². The summed E-state index contributed by atoms with van der Waals surface area (Å²) < 4.78 is 13.7. The molecule has 1 heterocycles. The van der Waals surface area contributed by atoms with Crippen molar-refractivity contribution in [3.05, 3.63) is 35.1 Å². The van der Waals surface area contributed by atoms with Gasteiger partial charge in [0.25, 0.3) is 0 Å². The molecule has 0 unspecified atom stereocenters. The Hall–Kier alpha value is -0.930. The van der Waals surface area contributed by atoms with Gasteiger partial charge in [0.1, 0.15) is 5.82 Å². The molecule has 3 heteroatoms. The summed E-state index contributed by atoms with van der Waals surface area (Å²) in [5, 5.41) is 3.31. The van der Waals surface area contributed by atoms with E-state index < -0.39 is 0 Å². The number of benzene rings is 1. The number of hydrogen-bond donors (Lipinski definition) is 1. The molecule has 2 rings (SSSR count). The van der Waals surface area contributed by atoms with E-state index >= 15 is 0 Å². The molecule has 0 atom stereocenters. The van der Waals surface area contributed by atoms with E-state index in [0.29, 0.717) is 6.54 Å². The largest absolute Gasteiger partial charge is 0.311 e. The highest BCUT2D eigenvalue weighted by atomic mass is 19.1. The van der Waals surface area contributed by atoms with Crippen molar-refractivity contribution >= 4 is 0 Å². The lowest BCUT2D eigenvalue weighted by Crippen LogP contribution is -2.29. The topological polar surface area (TPSA) is 15.3 Å². The van der Waals surface area contributed by atoms with E-state index in [-0.39, 0.29) is 5.82 Å². The smallest absolute Gasteiger partial charge is 0.130 e. The lowest BCUT2D eigenvalue weighted by Gasteiger charge is -2.15. The average Bonchev–Trinajstić information content (AvgIpc) is 2.83. The molecule has 0 radical (unpaired) electrons. The molecule has 17 heavy (non-hydrogen) atoms. The molecule has 0 aromatic heterocycles. The van der Waals surface area contributed by atoms with E-state index in [0.717, 1.165) is 24.2 Å². The van der Waals surface area contributed by atoms with Crippen molar-refractivity contribution in [3.63, 3.8) is 0 Å². The summed E-state index contributed by atoms with van der Waals surface area (Å²) in [5.74, 6) is -0.0684. The first kappa shape index (κ1) is 12.5. The molecule has 0 spiro atoms. The first-order valence-corrected chi connectivity index (χ1v) is 6.44. The predicted octanol–water partition coefficient (Wildman–Crippen LogP) is 2.32. The molecule has 0 saturated carbocycles. The van der Waals surface area contributed by atoms with Crippen LogP contribution in [0.2, 0.25) is 0 Å². The van der Waals surface area contributed by atoms with Crippen molar-refractivity contribution in [2.45, 2.75) is 26.3 Å². The third-order valence-corrected chi connectivity index (χ3v) is 3.39. The highest BCUT2D eigenvalue weighted by Crippen LogP contribution is 2.11. The lowest BCUT2D eigenvalue weighted by atomic mass is 10.1. The summed E-state index contributed by atoms with van der Waals surface area (Å²) >= 11 is 0. The molecule has 1 N–H and O–H groups in total. The number of nitrogens with zero attached hydrogens (tertiary/aromatic N) is 1. The molecule has 0 aliphatic carbocycles. The number of nitrogens with one attached hydrogen (secondary N) is 1. The van der Waals surface area contributed by atoms with E-state index in [1.165, 1.54) is 25.9 Å². The molecule has 2 nitrogen and oxygen atoms in total. The first-order valence-electron chi connectivity index (χ1n) is 6.44. The van der Waals surface area contributed by atoms with Gasteiger partial charge in [0, 0.05) is 25.2 Å². The zero-order chi connectivity index (χ0) is 12.1. The van der Waals surface area contributed by atoms with Crippen molar-refractivity contribution in [1.82, 2.24) is 10.2 Å². The van der Waals surface area contributed by atoms with Crippen molar-refractivity contribution in [3.8, 4) is 0 Å². The zero-order valence-corrected chi connectivity index (χ0v) is 10.5. The Kier molecular flexibility index (Phi) is 4.51. The Morgan fingerprint density at radius 3 is 2.82 bits per heavy atom. The van der Waals surface area contributed by atoms with Crippen LogP contribution in [0.3, 0.4) is 0 Å².